The number of halogens is 3. The first-order valence-electron chi connectivity index (χ1n) is 8.69. The lowest BCUT2D eigenvalue weighted by atomic mass is 10.0. The highest BCUT2D eigenvalue weighted by Crippen LogP contribution is 2.32. The maximum atomic E-state index is 12.6. The molecule has 27 heavy (non-hydrogen) atoms. The minimum absolute atomic E-state index is 0.0215. The van der Waals surface area contributed by atoms with E-state index < -0.39 is 12.1 Å². The second-order valence-electron chi connectivity index (χ2n) is 6.55. The molecule has 1 atom stereocenters. The molecule has 9 heteroatoms. The highest BCUT2D eigenvalue weighted by atomic mass is 19.4. The fourth-order valence-corrected chi connectivity index (χ4v) is 3.29. The van der Waals surface area contributed by atoms with Gasteiger partial charge in [-0.15, -0.1) is 0 Å². The summed E-state index contributed by atoms with van der Waals surface area (Å²) in [5.41, 5.74) is 1.17. The van der Waals surface area contributed by atoms with Gasteiger partial charge in [0.2, 0.25) is 11.7 Å². The number of amides is 1. The van der Waals surface area contributed by atoms with Gasteiger partial charge in [0.15, 0.2) is 0 Å². The zero-order chi connectivity index (χ0) is 19.6. The Morgan fingerprint density at radius 3 is 2.41 bits per heavy atom. The van der Waals surface area contributed by atoms with E-state index in [1.165, 1.54) is 12.2 Å². The largest absolute Gasteiger partial charge is 0.471 e. The number of carbonyl (C=O) groups excluding carboxylic acids is 1. The van der Waals surface area contributed by atoms with Crippen LogP contribution < -0.4 is 0 Å². The number of hydrogen-bond donors (Lipinski definition) is 0. The zero-order valence-electron chi connectivity index (χ0n) is 15.0. The highest BCUT2D eigenvalue weighted by molar-refractivity contribution is 5.78. The zero-order valence-corrected chi connectivity index (χ0v) is 15.0. The van der Waals surface area contributed by atoms with E-state index in [-0.39, 0.29) is 23.7 Å². The summed E-state index contributed by atoms with van der Waals surface area (Å²) in [6, 6.07) is 6.25. The Labute approximate surface area is 154 Å². The van der Waals surface area contributed by atoms with Crippen LogP contribution in [0.4, 0.5) is 13.2 Å². The predicted molar refractivity (Wildman–Crippen MR) is 89.0 cm³/mol. The lowest BCUT2D eigenvalue weighted by Crippen LogP contribution is -2.36. The van der Waals surface area contributed by atoms with Crippen LogP contribution in [0.2, 0.25) is 0 Å². The first-order valence-corrected chi connectivity index (χ1v) is 8.69. The third-order valence-corrected chi connectivity index (χ3v) is 4.79. The molecule has 1 aliphatic rings. The molecule has 0 N–H and O–H groups in total. The predicted octanol–water partition coefficient (Wildman–Crippen LogP) is 4.40. The van der Waals surface area contributed by atoms with Crippen molar-refractivity contribution < 1.29 is 27.3 Å². The molecule has 2 aromatic rings. The van der Waals surface area contributed by atoms with Gasteiger partial charge in [0, 0.05) is 11.5 Å². The maximum Gasteiger partial charge on any atom is 0.471 e. The van der Waals surface area contributed by atoms with E-state index in [1.54, 1.807) is 24.3 Å². The van der Waals surface area contributed by atoms with Crippen molar-refractivity contribution in [1.82, 2.24) is 15.2 Å². The molecule has 1 amide bonds. The lowest BCUT2D eigenvalue weighted by molar-refractivity contribution is -0.192. The first kappa shape index (κ1) is 19.3. The molecule has 0 saturated heterocycles. The van der Waals surface area contributed by atoms with Gasteiger partial charge in [-0.05, 0) is 25.3 Å². The molecule has 146 valence electrons. The Bertz CT molecular complexity index is 783. The van der Waals surface area contributed by atoms with Gasteiger partial charge < -0.3 is 4.52 Å². The van der Waals surface area contributed by atoms with Gasteiger partial charge in [0.1, 0.15) is 0 Å². The number of aromatic nitrogens is 2. The monoisotopic (exact) mass is 383 g/mol. The van der Waals surface area contributed by atoms with Crippen molar-refractivity contribution in [2.24, 2.45) is 5.92 Å². The molecule has 1 aliphatic carbocycles. The molecule has 1 heterocycles. The van der Waals surface area contributed by atoms with E-state index in [1.807, 2.05) is 6.92 Å². The summed E-state index contributed by atoms with van der Waals surface area (Å²) in [6.07, 6.45) is -0.865. The molecule has 1 fully saturated rings. The normalized spacial score (nSPS) is 16.5. The Hall–Kier alpha value is -2.42. The summed E-state index contributed by atoms with van der Waals surface area (Å²) in [4.78, 5) is 21.3. The van der Waals surface area contributed by atoms with E-state index >= 15 is 0 Å². The molecule has 0 bridgehead atoms. The van der Waals surface area contributed by atoms with Crippen LogP contribution in [0.3, 0.4) is 0 Å². The van der Waals surface area contributed by atoms with E-state index in [4.69, 9.17) is 4.84 Å². The van der Waals surface area contributed by atoms with E-state index in [2.05, 4.69) is 14.7 Å². The number of rotatable bonds is 5. The fourth-order valence-electron chi connectivity index (χ4n) is 3.29. The number of hydrogen-bond acceptors (Lipinski definition) is 5. The molecular formula is C18H20F3N3O3. The van der Waals surface area contributed by atoms with Crippen LogP contribution in [0.5, 0.6) is 0 Å². The number of nitrogens with zero attached hydrogens (tertiary/aromatic N) is 3. The highest BCUT2D eigenvalue weighted by Gasteiger charge is 2.38. The molecule has 1 aromatic heterocycles. The number of carbonyl (C=O) groups is 1. The molecule has 3 rings (SSSR count). The SMILES string of the molecule is CON(C(=O)C1CCCC1)C(C)c1ccc(-c2noc(C(F)(F)F)n2)cc1. The van der Waals surface area contributed by atoms with Crippen LogP contribution in [-0.4, -0.2) is 28.2 Å². The second kappa shape index (κ2) is 7.67. The second-order valence-corrected chi connectivity index (χ2v) is 6.55. The lowest BCUT2D eigenvalue weighted by Gasteiger charge is -2.29. The Morgan fingerprint density at radius 1 is 1.26 bits per heavy atom. The van der Waals surface area contributed by atoms with Crippen molar-refractivity contribution in [2.45, 2.75) is 44.8 Å². The van der Waals surface area contributed by atoms with Gasteiger partial charge in [-0.2, -0.15) is 18.2 Å². The number of benzene rings is 1. The van der Waals surface area contributed by atoms with Gasteiger partial charge >= 0.3 is 12.1 Å². The average Bonchev–Trinajstić information content (AvgIpc) is 3.33. The van der Waals surface area contributed by atoms with Crippen molar-refractivity contribution in [3.8, 4) is 11.4 Å². The quantitative estimate of drug-likeness (QED) is 0.716. The van der Waals surface area contributed by atoms with E-state index in [0.29, 0.717) is 5.56 Å². The average molecular weight is 383 g/mol. The van der Waals surface area contributed by atoms with Gasteiger partial charge in [0.25, 0.3) is 0 Å². The summed E-state index contributed by atoms with van der Waals surface area (Å²) < 4.78 is 42.0. The molecule has 6 nitrogen and oxygen atoms in total. The molecule has 0 spiro atoms. The smallest absolute Gasteiger partial charge is 0.329 e. The van der Waals surface area contributed by atoms with Crippen molar-refractivity contribution in [3.05, 3.63) is 35.7 Å². The summed E-state index contributed by atoms with van der Waals surface area (Å²) in [5, 5.41) is 4.73. The summed E-state index contributed by atoms with van der Waals surface area (Å²) in [6.45, 7) is 1.83. The molecule has 1 saturated carbocycles. The Kier molecular flexibility index (Phi) is 5.50. The summed E-state index contributed by atoms with van der Waals surface area (Å²) in [7, 11) is 1.45. The van der Waals surface area contributed by atoms with Gasteiger partial charge in [-0.1, -0.05) is 42.3 Å². The van der Waals surface area contributed by atoms with Crippen LogP contribution >= 0.6 is 0 Å². The summed E-state index contributed by atoms with van der Waals surface area (Å²) >= 11 is 0. The van der Waals surface area contributed by atoms with Gasteiger partial charge in [-0.25, -0.2) is 5.06 Å². The number of hydroxylamine groups is 2. The van der Waals surface area contributed by atoms with Crippen LogP contribution in [0, 0.1) is 5.92 Å². The molecule has 0 radical (unpaired) electrons. The maximum absolute atomic E-state index is 12.6. The van der Waals surface area contributed by atoms with Crippen molar-refractivity contribution >= 4 is 5.91 Å². The fraction of sp³-hybridized carbons (Fsp3) is 0.500. The Balaban J connectivity index is 1.75. The van der Waals surface area contributed by atoms with E-state index in [0.717, 1.165) is 31.2 Å². The van der Waals surface area contributed by atoms with Gasteiger partial charge in [-0.3, -0.25) is 9.63 Å². The van der Waals surface area contributed by atoms with Crippen molar-refractivity contribution in [1.29, 1.82) is 0 Å². The van der Waals surface area contributed by atoms with Crippen molar-refractivity contribution in [3.63, 3.8) is 0 Å². The summed E-state index contributed by atoms with van der Waals surface area (Å²) in [5.74, 6) is -1.60. The molecule has 1 aromatic carbocycles. The number of alkyl halides is 3. The molecule has 0 aliphatic heterocycles. The van der Waals surface area contributed by atoms with Gasteiger partial charge in [0.05, 0.1) is 13.2 Å². The molecular weight excluding hydrogens is 363 g/mol. The minimum atomic E-state index is -4.68. The van der Waals surface area contributed by atoms with Crippen LogP contribution in [-0.2, 0) is 15.8 Å². The molecule has 1 unspecified atom stereocenters. The van der Waals surface area contributed by atoms with Crippen LogP contribution in [0.15, 0.2) is 28.8 Å². The van der Waals surface area contributed by atoms with Crippen molar-refractivity contribution in [2.75, 3.05) is 7.11 Å². The Morgan fingerprint density at radius 2 is 1.89 bits per heavy atom. The van der Waals surface area contributed by atoms with Crippen LogP contribution in [0.25, 0.3) is 11.4 Å². The topological polar surface area (TPSA) is 68.5 Å². The minimum Gasteiger partial charge on any atom is -0.329 e. The van der Waals surface area contributed by atoms with Crippen LogP contribution in [0.1, 0.15) is 50.1 Å². The first-order chi connectivity index (χ1) is 12.8. The standard InChI is InChI=1S/C18H20F3N3O3/c1-11(24(26-2)16(25)14-5-3-4-6-14)12-7-9-13(10-8-12)15-22-17(27-23-15)18(19,20)21/h7-11,14H,3-6H2,1-2H3. The third-order valence-electron chi connectivity index (χ3n) is 4.79. The van der Waals surface area contributed by atoms with E-state index in [9.17, 15) is 18.0 Å². The third kappa shape index (κ3) is 4.13.